The summed E-state index contributed by atoms with van der Waals surface area (Å²) in [5.41, 5.74) is 9.98. The van der Waals surface area contributed by atoms with E-state index < -0.39 is 12.1 Å². The zero-order valence-corrected chi connectivity index (χ0v) is 28.8. The molecule has 1 saturated heterocycles. The fourth-order valence-corrected chi connectivity index (χ4v) is 6.89. The molecule has 0 aliphatic carbocycles. The third kappa shape index (κ3) is 7.03. The number of pyridine rings is 2. The summed E-state index contributed by atoms with van der Waals surface area (Å²) in [7, 11) is 0. The Hall–Kier alpha value is -5.67. The second-order valence-corrected chi connectivity index (χ2v) is 13.3. The zero-order chi connectivity index (χ0) is 35.6. The molecule has 11 heteroatoms. The minimum Gasteiger partial charge on any atom is -0.481 e. The van der Waals surface area contributed by atoms with Gasteiger partial charge in [-0.05, 0) is 104 Å². The SMILES string of the molecule is Cc1c(Nc2nccc3cc(CN4CCC(C(=O)O)C4)cnc23)cccc1-c1cccc(-c2nc3cc(CNCC(C)O)cc(C#N)c3o2)c1C. The summed E-state index contributed by atoms with van der Waals surface area (Å²) in [4.78, 5) is 27.8. The van der Waals surface area contributed by atoms with Crippen LogP contribution in [0.1, 0.15) is 41.2 Å². The van der Waals surface area contributed by atoms with Gasteiger partial charge in [0.2, 0.25) is 5.89 Å². The van der Waals surface area contributed by atoms with E-state index >= 15 is 0 Å². The fraction of sp³-hybridized carbons (Fsp3) is 0.275. The summed E-state index contributed by atoms with van der Waals surface area (Å²) >= 11 is 0. The van der Waals surface area contributed by atoms with Gasteiger partial charge >= 0.3 is 5.97 Å². The van der Waals surface area contributed by atoms with Gasteiger partial charge in [-0.15, -0.1) is 0 Å². The lowest BCUT2D eigenvalue weighted by molar-refractivity contribution is -0.141. The molecule has 4 N–H and O–H groups in total. The second-order valence-electron chi connectivity index (χ2n) is 13.3. The monoisotopic (exact) mass is 681 g/mol. The van der Waals surface area contributed by atoms with Crippen molar-refractivity contribution in [3.8, 4) is 28.7 Å². The van der Waals surface area contributed by atoms with Gasteiger partial charge in [0.1, 0.15) is 17.1 Å². The van der Waals surface area contributed by atoms with Gasteiger partial charge in [0, 0.05) is 55.2 Å². The first-order chi connectivity index (χ1) is 24.7. The number of nitrogens with one attached hydrogen (secondary N) is 2. The minimum absolute atomic E-state index is 0.313. The number of anilines is 2. The Balaban J connectivity index is 1.15. The summed E-state index contributed by atoms with van der Waals surface area (Å²) in [5.74, 6) is 0.0492. The van der Waals surface area contributed by atoms with Crippen molar-refractivity contribution < 1.29 is 19.4 Å². The molecule has 0 bridgehead atoms. The first kappa shape index (κ1) is 33.8. The molecule has 2 unspecified atom stereocenters. The standard InChI is InChI=1S/C40H39N7O4/c1-23(48)18-42-19-26-14-30(17-41)37-35(16-26)46-39(51-37)33-8-4-6-31(24(33)2)32-7-5-9-34(25(32)3)45-38-36-28(10-12-43-38)15-27(20-44-36)21-47-13-11-29(22-47)40(49)50/h4-10,12,14-16,20,23,29,42,48H,11,13,18-19,21-22H2,1-3H3,(H,43,45)(H,49,50). The van der Waals surface area contributed by atoms with Crippen molar-refractivity contribution >= 4 is 39.5 Å². The molecule has 1 aliphatic rings. The van der Waals surface area contributed by atoms with Crippen molar-refractivity contribution in [2.75, 3.05) is 25.0 Å². The van der Waals surface area contributed by atoms with Gasteiger partial charge in [0.15, 0.2) is 11.4 Å². The molecule has 51 heavy (non-hydrogen) atoms. The topological polar surface area (TPSA) is 160 Å². The number of carboxylic acid groups (broad SMARTS) is 1. The van der Waals surface area contributed by atoms with Gasteiger partial charge in [-0.3, -0.25) is 14.7 Å². The van der Waals surface area contributed by atoms with E-state index in [0.29, 0.717) is 61.0 Å². The quantitative estimate of drug-likeness (QED) is 0.115. The first-order valence-corrected chi connectivity index (χ1v) is 17.1. The van der Waals surface area contributed by atoms with E-state index in [1.165, 1.54) is 0 Å². The molecule has 1 aliphatic heterocycles. The highest BCUT2D eigenvalue weighted by Gasteiger charge is 2.28. The van der Waals surface area contributed by atoms with Gasteiger partial charge in [0.05, 0.1) is 17.6 Å². The molecule has 2 atom stereocenters. The maximum atomic E-state index is 11.4. The number of fused-ring (bicyclic) bond motifs is 2. The second kappa shape index (κ2) is 14.3. The average molecular weight is 682 g/mol. The maximum absolute atomic E-state index is 11.4. The molecule has 258 valence electrons. The minimum atomic E-state index is -0.732. The molecule has 6 aromatic rings. The Morgan fingerprint density at radius 2 is 1.84 bits per heavy atom. The summed E-state index contributed by atoms with van der Waals surface area (Å²) < 4.78 is 6.23. The number of aliphatic hydroxyl groups is 1. The molecule has 0 amide bonds. The third-order valence-electron chi connectivity index (χ3n) is 9.56. The molecule has 0 saturated carbocycles. The number of aliphatic carboxylic acids is 1. The largest absolute Gasteiger partial charge is 0.481 e. The number of likely N-dealkylation sites (tertiary alicyclic amines) is 1. The van der Waals surface area contributed by atoms with Crippen LogP contribution in [-0.2, 0) is 17.9 Å². The molecular formula is C40H39N7O4. The van der Waals surface area contributed by atoms with E-state index in [1.807, 2.05) is 49.5 Å². The Bertz CT molecular complexity index is 2310. The molecule has 3 aromatic heterocycles. The predicted molar refractivity (Wildman–Crippen MR) is 196 cm³/mol. The van der Waals surface area contributed by atoms with Crippen LogP contribution in [0.25, 0.3) is 44.6 Å². The van der Waals surface area contributed by atoms with Crippen LogP contribution in [0.15, 0.2) is 77.5 Å². The highest BCUT2D eigenvalue weighted by atomic mass is 16.4. The normalized spacial score (nSPS) is 15.3. The van der Waals surface area contributed by atoms with Crippen molar-refractivity contribution in [2.45, 2.75) is 46.4 Å². The molecule has 4 heterocycles. The van der Waals surface area contributed by atoms with Crippen LogP contribution in [0, 0.1) is 31.1 Å². The number of aromatic nitrogens is 3. The van der Waals surface area contributed by atoms with Crippen LogP contribution in [0.5, 0.6) is 0 Å². The van der Waals surface area contributed by atoms with Crippen LogP contribution in [0.3, 0.4) is 0 Å². The van der Waals surface area contributed by atoms with Crippen LogP contribution >= 0.6 is 0 Å². The highest BCUT2D eigenvalue weighted by molar-refractivity contribution is 5.91. The molecule has 0 radical (unpaired) electrons. The van der Waals surface area contributed by atoms with Crippen LogP contribution in [0.4, 0.5) is 11.5 Å². The third-order valence-corrected chi connectivity index (χ3v) is 9.56. The van der Waals surface area contributed by atoms with E-state index in [4.69, 9.17) is 14.4 Å². The van der Waals surface area contributed by atoms with Crippen molar-refractivity contribution in [1.29, 1.82) is 5.26 Å². The van der Waals surface area contributed by atoms with E-state index in [2.05, 4.69) is 51.7 Å². The number of benzene rings is 3. The van der Waals surface area contributed by atoms with Gasteiger partial charge in [-0.1, -0.05) is 24.3 Å². The van der Waals surface area contributed by atoms with Gasteiger partial charge in [-0.25, -0.2) is 9.97 Å². The van der Waals surface area contributed by atoms with Crippen LogP contribution in [0.2, 0.25) is 0 Å². The Labute approximate surface area is 295 Å². The number of nitriles is 1. The Kier molecular flexibility index (Phi) is 9.47. The Morgan fingerprint density at radius 3 is 2.61 bits per heavy atom. The fourth-order valence-electron chi connectivity index (χ4n) is 6.89. The molecule has 0 spiro atoms. The van der Waals surface area contributed by atoms with Gasteiger partial charge in [-0.2, -0.15) is 5.26 Å². The highest BCUT2D eigenvalue weighted by Crippen LogP contribution is 2.37. The van der Waals surface area contributed by atoms with Crippen LogP contribution in [-0.4, -0.2) is 61.8 Å². The molecule has 7 rings (SSSR count). The number of nitrogens with zero attached hydrogens (tertiary/aromatic N) is 5. The maximum Gasteiger partial charge on any atom is 0.307 e. The van der Waals surface area contributed by atoms with Crippen molar-refractivity contribution in [2.24, 2.45) is 5.92 Å². The van der Waals surface area contributed by atoms with E-state index in [-0.39, 0.29) is 5.92 Å². The van der Waals surface area contributed by atoms with Crippen molar-refractivity contribution in [1.82, 2.24) is 25.2 Å². The molecular weight excluding hydrogens is 642 g/mol. The smallest absolute Gasteiger partial charge is 0.307 e. The summed E-state index contributed by atoms with van der Waals surface area (Å²) in [6.07, 6.45) is 3.82. The van der Waals surface area contributed by atoms with E-state index in [9.17, 15) is 20.3 Å². The zero-order valence-electron chi connectivity index (χ0n) is 28.8. The molecule has 3 aromatic carbocycles. The van der Waals surface area contributed by atoms with Gasteiger partial charge < -0.3 is 25.3 Å². The summed E-state index contributed by atoms with van der Waals surface area (Å²) in [5, 5.41) is 36.5. The lowest BCUT2D eigenvalue weighted by atomic mass is 9.93. The number of aliphatic hydroxyl groups excluding tert-OH is 1. The lowest BCUT2D eigenvalue weighted by Gasteiger charge is -2.17. The van der Waals surface area contributed by atoms with Gasteiger partial charge in [0.25, 0.3) is 0 Å². The number of hydrogen-bond donors (Lipinski definition) is 4. The number of hydrogen-bond acceptors (Lipinski definition) is 10. The number of oxazole rings is 1. The van der Waals surface area contributed by atoms with Crippen LogP contribution < -0.4 is 10.6 Å². The Morgan fingerprint density at radius 1 is 1.06 bits per heavy atom. The molecule has 11 nitrogen and oxygen atoms in total. The van der Waals surface area contributed by atoms with Crippen molar-refractivity contribution in [3.05, 3.63) is 101 Å². The number of carboxylic acids is 1. The van der Waals surface area contributed by atoms with Crippen molar-refractivity contribution in [3.63, 3.8) is 0 Å². The predicted octanol–water partition coefficient (Wildman–Crippen LogP) is 6.71. The first-order valence-electron chi connectivity index (χ1n) is 17.1. The number of carbonyl (C=O) groups is 1. The molecule has 1 fully saturated rings. The summed E-state index contributed by atoms with van der Waals surface area (Å²) in [6.45, 7) is 8.76. The van der Waals surface area contributed by atoms with E-state index in [0.717, 1.165) is 62.1 Å². The van der Waals surface area contributed by atoms with E-state index in [1.54, 1.807) is 19.2 Å². The number of rotatable bonds is 11. The average Bonchev–Trinajstić information content (AvgIpc) is 3.77. The summed E-state index contributed by atoms with van der Waals surface area (Å²) in [6, 6.07) is 22.2. The lowest BCUT2D eigenvalue weighted by Crippen LogP contribution is -2.23.